The molecule has 1 fully saturated rings. The first-order chi connectivity index (χ1) is 8.80. The third kappa shape index (κ3) is 2.38. The summed E-state index contributed by atoms with van der Waals surface area (Å²) in [5, 5.41) is 0. The molecule has 1 aliphatic heterocycles. The fourth-order valence-electron chi connectivity index (χ4n) is 1.85. The van der Waals surface area contributed by atoms with Gasteiger partial charge in [-0.1, -0.05) is 0 Å². The van der Waals surface area contributed by atoms with Crippen molar-refractivity contribution in [1.82, 2.24) is 4.98 Å². The van der Waals surface area contributed by atoms with Gasteiger partial charge in [0.15, 0.2) is 6.29 Å². The summed E-state index contributed by atoms with van der Waals surface area (Å²) in [5.74, 6) is 0.426. The summed E-state index contributed by atoms with van der Waals surface area (Å²) in [6.45, 7) is 7.86. The van der Waals surface area contributed by atoms with E-state index in [0.29, 0.717) is 16.9 Å². The zero-order chi connectivity index (χ0) is 14.3. The van der Waals surface area contributed by atoms with E-state index in [4.69, 9.17) is 14.0 Å². The Labute approximate surface area is 113 Å². The lowest BCUT2D eigenvalue weighted by Gasteiger charge is -2.32. The predicted octanol–water partition coefficient (Wildman–Crippen LogP) is 1.20. The number of rotatable bonds is 3. The maximum absolute atomic E-state index is 11.1. The van der Waals surface area contributed by atoms with Crippen LogP contribution in [0.4, 0.5) is 0 Å². The first-order valence-electron chi connectivity index (χ1n) is 6.15. The van der Waals surface area contributed by atoms with E-state index in [1.807, 2.05) is 27.7 Å². The van der Waals surface area contributed by atoms with Crippen LogP contribution < -0.4 is 10.2 Å². The predicted molar refractivity (Wildman–Crippen MR) is 71.9 cm³/mol. The van der Waals surface area contributed by atoms with Crippen molar-refractivity contribution in [1.29, 1.82) is 0 Å². The number of aldehydes is 1. The topological polar surface area (TPSA) is 57.7 Å². The fraction of sp³-hybridized carbons (Fsp3) is 0.538. The summed E-state index contributed by atoms with van der Waals surface area (Å²) < 4.78 is 16.9. The van der Waals surface area contributed by atoms with E-state index in [1.54, 1.807) is 6.07 Å². The number of pyridine rings is 1. The summed E-state index contributed by atoms with van der Waals surface area (Å²) >= 11 is 0. The highest BCUT2D eigenvalue weighted by Gasteiger charge is 2.52. The zero-order valence-electron chi connectivity index (χ0n) is 11.9. The lowest BCUT2D eigenvalue weighted by molar-refractivity contribution is 0.00578. The average Bonchev–Trinajstić information content (AvgIpc) is 2.57. The number of ether oxygens (including phenoxy) is 1. The van der Waals surface area contributed by atoms with Crippen LogP contribution in [0.15, 0.2) is 12.3 Å². The van der Waals surface area contributed by atoms with E-state index in [0.717, 1.165) is 6.29 Å². The highest BCUT2D eigenvalue weighted by atomic mass is 16.7. The maximum atomic E-state index is 11.1. The molecule has 0 spiro atoms. The summed E-state index contributed by atoms with van der Waals surface area (Å²) in [4.78, 5) is 15.1. The molecule has 2 heterocycles. The van der Waals surface area contributed by atoms with Crippen LogP contribution >= 0.6 is 0 Å². The quantitative estimate of drug-likeness (QED) is 0.605. The molecule has 5 nitrogen and oxygen atoms in total. The molecule has 0 N–H and O–H groups in total. The molecule has 0 atom stereocenters. The molecule has 0 radical (unpaired) electrons. The van der Waals surface area contributed by atoms with Gasteiger partial charge in [-0.2, -0.15) is 0 Å². The van der Waals surface area contributed by atoms with E-state index >= 15 is 0 Å². The number of nitrogens with zero attached hydrogens (tertiary/aromatic N) is 1. The molecule has 0 saturated carbocycles. The molecule has 1 aromatic rings. The molecule has 0 amide bonds. The molecule has 19 heavy (non-hydrogen) atoms. The van der Waals surface area contributed by atoms with Crippen molar-refractivity contribution in [3.63, 3.8) is 0 Å². The lowest BCUT2D eigenvalue weighted by Crippen LogP contribution is -2.41. The van der Waals surface area contributed by atoms with Gasteiger partial charge < -0.3 is 14.0 Å². The van der Waals surface area contributed by atoms with Gasteiger partial charge in [-0.25, -0.2) is 4.98 Å². The number of methoxy groups -OCH3 is 1. The second kappa shape index (κ2) is 4.61. The minimum Gasteiger partial charge on any atom is -0.481 e. The average molecular weight is 263 g/mol. The Morgan fingerprint density at radius 1 is 1.26 bits per heavy atom. The van der Waals surface area contributed by atoms with Gasteiger partial charge in [0.1, 0.15) is 0 Å². The Bertz CT molecular complexity index is 485. The molecule has 0 aliphatic carbocycles. The van der Waals surface area contributed by atoms with Crippen LogP contribution in [0, 0.1) is 0 Å². The molecule has 0 bridgehead atoms. The normalized spacial score (nSPS) is 20.4. The first-order valence-corrected chi connectivity index (χ1v) is 6.15. The number of hydrogen-bond donors (Lipinski definition) is 0. The minimum atomic E-state index is -0.595. The smallest absolute Gasteiger partial charge is 0.481 e. The fourth-order valence-corrected chi connectivity index (χ4v) is 1.85. The summed E-state index contributed by atoms with van der Waals surface area (Å²) in [5.41, 5.74) is 0.183. The Morgan fingerprint density at radius 2 is 1.84 bits per heavy atom. The van der Waals surface area contributed by atoms with Crippen molar-refractivity contribution in [2.45, 2.75) is 38.9 Å². The van der Waals surface area contributed by atoms with Gasteiger partial charge in [0.2, 0.25) is 5.88 Å². The van der Waals surface area contributed by atoms with Crippen molar-refractivity contribution < 1.29 is 18.8 Å². The molecular weight excluding hydrogens is 245 g/mol. The number of carbonyl (C=O) groups is 1. The van der Waals surface area contributed by atoms with Gasteiger partial charge in [-0.3, -0.25) is 4.79 Å². The number of aromatic nitrogens is 1. The molecule has 0 unspecified atom stereocenters. The molecule has 2 rings (SSSR count). The summed E-state index contributed by atoms with van der Waals surface area (Å²) in [7, 11) is 0.929. The molecular formula is C13H18BNO4. The van der Waals surface area contributed by atoms with Gasteiger partial charge >= 0.3 is 7.12 Å². The number of carbonyl (C=O) groups excluding carboxylic acids is 1. The lowest BCUT2D eigenvalue weighted by atomic mass is 9.77. The van der Waals surface area contributed by atoms with E-state index in [9.17, 15) is 4.79 Å². The molecule has 6 heteroatoms. The number of hydrogen-bond acceptors (Lipinski definition) is 5. The van der Waals surface area contributed by atoms with Crippen LogP contribution in [0.3, 0.4) is 0 Å². The molecule has 1 aromatic heterocycles. The Balaban J connectivity index is 2.40. The van der Waals surface area contributed by atoms with E-state index in [2.05, 4.69) is 4.98 Å². The van der Waals surface area contributed by atoms with E-state index in [-0.39, 0.29) is 0 Å². The molecule has 0 aromatic carbocycles. The Morgan fingerprint density at radius 3 is 2.32 bits per heavy atom. The van der Waals surface area contributed by atoms with Gasteiger partial charge in [-0.15, -0.1) is 0 Å². The third-order valence-corrected chi connectivity index (χ3v) is 3.79. The molecule has 1 saturated heterocycles. The first kappa shape index (κ1) is 14.0. The largest absolute Gasteiger partial charge is 0.495 e. The third-order valence-electron chi connectivity index (χ3n) is 3.79. The van der Waals surface area contributed by atoms with Gasteiger partial charge in [0.25, 0.3) is 0 Å². The Hall–Kier alpha value is -1.40. The van der Waals surface area contributed by atoms with E-state index in [1.165, 1.54) is 13.3 Å². The zero-order valence-corrected chi connectivity index (χ0v) is 11.9. The maximum Gasteiger partial charge on any atom is 0.495 e. The van der Waals surface area contributed by atoms with Crippen LogP contribution in [0.5, 0.6) is 5.88 Å². The molecule has 1 aliphatic rings. The summed E-state index contributed by atoms with van der Waals surface area (Å²) in [6, 6.07) is 1.67. The van der Waals surface area contributed by atoms with Crippen molar-refractivity contribution >= 4 is 18.9 Å². The van der Waals surface area contributed by atoms with Crippen LogP contribution in [0.2, 0.25) is 0 Å². The van der Waals surface area contributed by atoms with Gasteiger partial charge in [0, 0.05) is 17.8 Å². The highest BCUT2D eigenvalue weighted by molar-refractivity contribution is 6.63. The standard InChI is InChI=1S/C13H18BNO4/c1-12(2)13(3,4)19-14(18-12)10-6-11(17-5)15-7-9(10)8-16/h6-8H,1-5H3. The van der Waals surface area contributed by atoms with E-state index < -0.39 is 18.3 Å². The van der Waals surface area contributed by atoms with Crippen molar-refractivity contribution in [3.05, 3.63) is 17.8 Å². The van der Waals surface area contributed by atoms with Crippen molar-refractivity contribution in [3.8, 4) is 5.88 Å². The second-order valence-electron chi connectivity index (χ2n) is 5.56. The SMILES string of the molecule is COc1cc(B2OC(C)(C)C(C)(C)O2)c(C=O)cn1. The molecule has 102 valence electrons. The minimum absolute atomic E-state index is 0.426. The monoisotopic (exact) mass is 263 g/mol. The van der Waals surface area contributed by atoms with Crippen LogP contribution in [0.25, 0.3) is 0 Å². The van der Waals surface area contributed by atoms with Crippen molar-refractivity contribution in [2.75, 3.05) is 7.11 Å². The van der Waals surface area contributed by atoms with Gasteiger partial charge in [0.05, 0.1) is 18.3 Å². The van der Waals surface area contributed by atoms with Crippen LogP contribution in [-0.4, -0.2) is 36.7 Å². The van der Waals surface area contributed by atoms with Crippen molar-refractivity contribution in [2.24, 2.45) is 0 Å². The van der Waals surface area contributed by atoms with Crippen LogP contribution in [-0.2, 0) is 9.31 Å². The Kier molecular flexibility index (Phi) is 3.41. The summed E-state index contributed by atoms with van der Waals surface area (Å²) in [6.07, 6.45) is 2.21. The van der Waals surface area contributed by atoms with Gasteiger partial charge in [-0.05, 0) is 33.2 Å². The highest BCUT2D eigenvalue weighted by Crippen LogP contribution is 2.36. The second-order valence-corrected chi connectivity index (χ2v) is 5.56. The van der Waals surface area contributed by atoms with Crippen LogP contribution in [0.1, 0.15) is 38.1 Å².